The quantitative estimate of drug-likeness (QED) is 0.583. The molecule has 2 rings (SSSR count). The highest BCUT2D eigenvalue weighted by Crippen LogP contribution is 2.56. The van der Waals surface area contributed by atoms with Crippen LogP contribution in [-0.2, 0) is 11.8 Å². The Kier molecular flexibility index (Phi) is 6.21. The van der Waals surface area contributed by atoms with Gasteiger partial charge >= 0.3 is 12.4 Å². The van der Waals surface area contributed by atoms with Gasteiger partial charge in [-0.3, -0.25) is 0 Å². The minimum Gasteiger partial charge on any atom is -0.508 e. The van der Waals surface area contributed by atoms with Crippen LogP contribution in [0.3, 0.4) is 0 Å². The molecule has 2 nitrogen and oxygen atoms in total. The zero-order valence-corrected chi connectivity index (χ0v) is 15.3. The Morgan fingerprint density at radius 3 is 1.82 bits per heavy atom. The summed E-state index contributed by atoms with van der Waals surface area (Å²) in [5.74, 6) is -0.170. The van der Waals surface area contributed by atoms with Crippen LogP contribution in [0, 0.1) is 0 Å². The molecule has 0 aliphatic carbocycles. The average molecular weight is 406 g/mol. The van der Waals surface area contributed by atoms with Gasteiger partial charge < -0.3 is 9.84 Å². The molecule has 2 aromatic carbocycles. The van der Waals surface area contributed by atoms with Crippen LogP contribution in [-0.4, -0.2) is 24.1 Å². The van der Waals surface area contributed by atoms with Gasteiger partial charge in [-0.05, 0) is 47.7 Å². The van der Waals surface area contributed by atoms with Crippen LogP contribution in [0.1, 0.15) is 37.0 Å². The second-order valence-electron chi connectivity index (χ2n) is 6.32. The molecule has 0 aliphatic rings. The molecule has 0 bridgehead atoms. The van der Waals surface area contributed by atoms with Crippen LogP contribution in [0.2, 0.25) is 0 Å². The molecular formula is C20H20F6O2. The second-order valence-corrected chi connectivity index (χ2v) is 6.32. The number of aryl methyl sites for hydroxylation is 1. The zero-order chi connectivity index (χ0) is 21.2. The minimum atomic E-state index is -5.67. The Labute approximate surface area is 158 Å². The Morgan fingerprint density at radius 1 is 0.821 bits per heavy atom. The van der Waals surface area contributed by atoms with Gasteiger partial charge in [0.25, 0.3) is 0 Å². The topological polar surface area (TPSA) is 29.5 Å². The summed E-state index contributed by atoms with van der Waals surface area (Å²) in [5.41, 5.74) is -5.95. The fourth-order valence-electron chi connectivity index (χ4n) is 3.14. The first kappa shape index (κ1) is 21.9. The maximum Gasteiger partial charge on any atom is 0.411 e. The summed E-state index contributed by atoms with van der Waals surface area (Å²) in [5, 5.41) is 9.32. The molecule has 0 atom stereocenters. The van der Waals surface area contributed by atoms with Gasteiger partial charge in [0.05, 0.1) is 6.61 Å². The Morgan fingerprint density at radius 2 is 1.36 bits per heavy atom. The fraction of sp³-hybridized carbons (Fsp3) is 0.400. The first-order valence-corrected chi connectivity index (χ1v) is 8.68. The molecule has 0 unspecified atom stereocenters. The number of hydrogen-bond donors (Lipinski definition) is 1. The van der Waals surface area contributed by atoms with Crippen LogP contribution in [0.25, 0.3) is 0 Å². The summed E-state index contributed by atoms with van der Waals surface area (Å²) in [4.78, 5) is 0. The smallest absolute Gasteiger partial charge is 0.411 e. The van der Waals surface area contributed by atoms with Crippen molar-refractivity contribution in [3.05, 3.63) is 59.2 Å². The minimum absolute atomic E-state index is 0.203. The molecule has 0 saturated carbocycles. The largest absolute Gasteiger partial charge is 0.508 e. The summed E-state index contributed by atoms with van der Waals surface area (Å²) in [6.45, 7) is 3.76. The molecule has 154 valence electrons. The van der Waals surface area contributed by atoms with Crippen LogP contribution in [0.5, 0.6) is 11.5 Å². The summed E-state index contributed by atoms with van der Waals surface area (Å²) < 4.78 is 89.9. The lowest BCUT2D eigenvalue weighted by Gasteiger charge is -2.38. The van der Waals surface area contributed by atoms with E-state index in [1.165, 1.54) is 0 Å². The molecule has 0 fully saturated rings. The highest BCUT2D eigenvalue weighted by Gasteiger charge is 2.72. The zero-order valence-electron chi connectivity index (χ0n) is 15.3. The normalized spacial score (nSPS) is 12.9. The predicted octanol–water partition coefficient (Wildman–Crippen LogP) is 6.15. The van der Waals surface area contributed by atoms with Crippen LogP contribution in [0.4, 0.5) is 26.3 Å². The number of benzene rings is 2. The van der Waals surface area contributed by atoms with Crippen molar-refractivity contribution in [3.8, 4) is 11.5 Å². The standard InChI is InChI=1S/C20H20F6O2/c1-3-11-28-17-10-7-15(12-13(17)4-2)18(19(21,22)23,20(24,25)26)14-5-8-16(27)9-6-14/h5-10,12,27H,3-4,11H2,1-2H3. The molecule has 1 N–H and O–H groups in total. The van der Waals surface area contributed by atoms with Gasteiger partial charge in [-0.2, -0.15) is 26.3 Å². The second kappa shape index (κ2) is 7.93. The molecule has 0 heterocycles. The summed E-state index contributed by atoms with van der Waals surface area (Å²) in [6.07, 6.45) is -10.5. The van der Waals surface area contributed by atoms with E-state index >= 15 is 0 Å². The van der Waals surface area contributed by atoms with Gasteiger partial charge in [-0.25, -0.2) is 0 Å². The lowest BCUT2D eigenvalue weighted by Crippen LogP contribution is -2.54. The van der Waals surface area contributed by atoms with Crippen molar-refractivity contribution in [2.45, 2.75) is 44.5 Å². The number of halogens is 6. The number of aromatic hydroxyl groups is 1. The van der Waals surface area contributed by atoms with Crippen molar-refractivity contribution >= 4 is 0 Å². The molecule has 0 aromatic heterocycles. The van der Waals surface area contributed by atoms with Gasteiger partial charge in [0.15, 0.2) is 0 Å². The van der Waals surface area contributed by atoms with E-state index in [9.17, 15) is 31.4 Å². The number of rotatable bonds is 6. The van der Waals surface area contributed by atoms with Crippen LogP contribution in [0.15, 0.2) is 42.5 Å². The van der Waals surface area contributed by atoms with E-state index in [-0.39, 0.29) is 17.7 Å². The van der Waals surface area contributed by atoms with E-state index in [1.54, 1.807) is 6.92 Å². The van der Waals surface area contributed by atoms with Gasteiger partial charge in [-0.15, -0.1) is 0 Å². The van der Waals surface area contributed by atoms with E-state index in [2.05, 4.69) is 0 Å². The van der Waals surface area contributed by atoms with E-state index in [0.29, 0.717) is 25.2 Å². The van der Waals surface area contributed by atoms with Crippen molar-refractivity contribution in [1.29, 1.82) is 0 Å². The fourth-order valence-corrected chi connectivity index (χ4v) is 3.14. The maximum absolute atomic E-state index is 14.1. The monoisotopic (exact) mass is 406 g/mol. The Bertz CT molecular complexity index is 780. The van der Waals surface area contributed by atoms with Crippen molar-refractivity contribution in [3.63, 3.8) is 0 Å². The summed E-state index contributed by atoms with van der Waals surface area (Å²) in [7, 11) is 0. The number of hydrogen-bond acceptors (Lipinski definition) is 2. The van der Waals surface area contributed by atoms with Crippen molar-refractivity contribution in [1.82, 2.24) is 0 Å². The molecule has 2 aromatic rings. The molecule has 0 radical (unpaired) electrons. The van der Waals surface area contributed by atoms with Gasteiger partial charge in [0, 0.05) is 0 Å². The average Bonchev–Trinajstić information content (AvgIpc) is 2.60. The number of phenolic OH excluding ortho intramolecular Hbond substituents is 1. The van der Waals surface area contributed by atoms with Crippen LogP contribution >= 0.6 is 0 Å². The summed E-state index contributed by atoms with van der Waals surface area (Å²) >= 11 is 0. The van der Waals surface area contributed by atoms with Crippen LogP contribution < -0.4 is 4.74 Å². The number of ether oxygens (including phenoxy) is 1. The maximum atomic E-state index is 14.1. The first-order chi connectivity index (χ1) is 13.0. The van der Waals surface area contributed by atoms with Crippen molar-refractivity contribution in [2.24, 2.45) is 0 Å². The van der Waals surface area contributed by atoms with E-state index in [1.807, 2.05) is 6.92 Å². The lowest BCUT2D eigenvalue weighted by molar-refractivity contribution is -0.288. The highest BCUT2D eigenvalue weighted by atomic mass is 19.4. The third kappa shape index (κ3) is 3.77. The molecular weight excluding hydrogens is 386 g/mol. The molecule has 8 heteroatoms. The number of phenols is 1. The third-order valence-corrected chi connectivity index (χ3v) is 4.49. The highest BCUT2D eigenvalue weighted by molar-refractivity contribution is 5.49. The van der Waals surface area contributed by atoms with Gasteiger partial charge in [-0.1, -0.05) is 38.1 Å². The molecule has 0 aliphatic heterocycles. The van der Waals surface area contributed by atoms with E-state index in [4.69, 9.17) is 4.74 Å². The Balaban J connectivity index is 2.80. The van der Waals surface area contributed by atoms with Gasteiger partial charge in [0.2, 0.25) is 5.41 Å². The van der Waals surface area contributed by atoms with Crippen molar-refractivity contribution in [2.75, 3.05) is 6.61 Å². The Hall–Kier alpha value is -2.38. The predicted molar refractivity (Wildman–Crippen MR) is 92.6 cm³/mol. The molecule has 0 saturated heterocycles. The molecule has 0 spiro atoms. The summed E-state index contributed by atoms with van der Waals surface area (Å²) in [6, 6.07) is 5.75. The van der Waals surface area contributed by atoms with E-state index in [0.717, 1.165) is 30.3 Å². The first-order valence-electron chi connectivity index (χ1n) is 8.68. The van der Waals surface area contributed by atoms with Crippen molar-refractivity contribution < 1.29 is 36.2 Å². The molecule has 28 heavy (non-hydrogen) atoms. The SMILES string of the molecule is CCCOc1ccc(C(c2ccc(O)cc2)(C(F)(F)F)C(F)(F)F)cc1CC. The lowest BCUT2D eigenvalue weighted by atomic mass is 9.72. The van der Waals surface area contributed by atoms with Gasteiger partial charge in [0.1, 0.15) is 11.5 Å². The third-order valence-electron chi connectivity index (χ3n) is 4.49. The number of alkyl halides is 6. The molecule has 0 amide bonds. The van der Waals surface area contributed by atoms with E-state index < -0.39 is 34.6 Å².